The summed E-state index contributed by atoms with van der Waals surface area (Å²) < 4.78 is 25.1. The van der Waals surface area contributed by atoms with E-state index < -0.39 is 10.0 Å². The molecule has 4 heteroatoms. The first-order chi connectivity index (χ1) is 5.17. The van der Waals surface area contributed by atoms with Gasteiger partial charge in [0.1, 0.15) is 0 Å². The average Bonchev–Trinajstić information content (AvgIpc) is 1.94. The molecule has 0 radical (unpaired) electrons. The molecule has 1 aliphatic heterocycles. The van der Waals surface area contributed by atoms with Gasteiger partial charge in [0.2, 0.25) is 10.0 Å². The second-order valence-corrected chi connectivity index (χ2v) is 5.04. The Labute approximate surface area is 68.2 Å². The van der Waals surface area contributed by atoms with E-state index in [9.17, 15) is 8.42 Å². The van der Waals surface area contributed by atoms with E-state index in [0.717, 1.165) is 25.7 Å². The number of rotatable bonds is 2. The number of hydrogen-bond donors (Lipinski definition) is 1. The summed E-state index contributed by atoms with van der Waals surface area (Å²) in [5.74, 6) is 0. The van der Waals surface area contributed by atoms with E-state index in [1.807, 2.05) is 6.92 Å². The summed E-state index contributed by atoms with van der Waals surface area (Å²) in [6.07, 6.45) is 3.58. The van der Waals surface area contributed by atoms with Gasteiger partial charge in [0, 0.05) is 6.54 Å². The van der Waals surface area contributed by atoms with Crippen LogP contribution < -0.4 is 4.72 Å². The van der Waals surface area contributed by atoms with Gasteiger partial charge < -0.3 is 0 Å². The lowest BCUT2D eigenvalue weighted by Gasteiger charge is -2.22. The van der Waals surface area contributed by atoms with Crippen LogP contribution in [0, 0.1) is 0 Å². The Balaban J connectivity index is 2.60. The van der Waals surface area contributed by atoms with Crippen LogP contribution in [-0.2, 0) is 10.0 Å². The minimum atomic E-state index is -2.94. The van der Waals surface area contributed by atoms with E-state index >= 15 is 0 Å². The second-order valence-electron chi connectivity index (χ2n) is 2.99. The molecule has 1 N–H and O–H groups in total. The molecule has 1 atom stereocenters. The van der Waals surface area contributed by atoms with Crippen molar-refractivity contribution in [3.05, 3.63) is 0 Å². The molecular formula is C7H15NO2S. The van der Waals surface area contributed by atoms with Gasteiger partial charge in [0.25, 0.3) is 0 Å². The van der Waals surface area contributed by atoms with Crippen LogP contribution in [0.1, 0.15) is 32.6 Å². The van der Waals surface area contributed by atoms with Crippen molar-refractivity contribution in [3.63, 3.8) is 0 Å². The van der Waals surface area contributed by atoms with E-state index in [0.29, 0.717) is 6.54 Å². The highest BCUT2D eigenvalue weighted by Crippen LogP contribution is 2.16. The van der Waals surface area contributed by atoms with Gasteiger partial charge in [-0.1, -0.05) is 13.3 Å². The van der Waals surface area contributed by atoms with Gasteiger partial charge in [-0.05, 0) is 19.3 Å². The molecule has 1 fully saturated rings. The van der Waals surface area contributed by atoms with Gasteiger partial charge in [0.05, 0.1) is 5.25 Å². The van der Waals surface area contributed by atoms with Crippen LogP contribution in [0.4, 0.5) is 0 Å². The molecule has 0 amide bonds. The number of nitrogens with one attached hydrogen (secondary N) is 1. The fourth-order valence-corrected chi connectivity index (χ4v) is 3.13. The summed E-state index contributed by atoms with van der Waals surface area (Å²) >= 11 is 0. The Kier molecular flexibility index (Phi) is 2.90. The van der Waals surface area contributed by atoms with Crippen LogP contribution in [0.3, 0.4) is 0 Å². The van der Waals surface area contributed by atoms with E-state index in [1.54, 1.807) is 0 Å². The van der Waals surface area contributed by atoms with Crippen molar-refractivity contribution >= 4 is 10.0 Å². The van der Waals surface area contributed by atoms with Crippen molar-refractivity contribution < 1.29 is 8.42 Å². The molecule has 3 nitrogen and oxygen atoms in total. The Morgan fingerprint density at radius 1 is 1.55 bits per heavy atom. The second kappa shape index (κ2) is 3.54. The minimum absolute atomic E-state index is 0.124. The average molecular weight is 177 g/mol. The SMILES string of the molecule is CCCC1CCCNS1(=O)=O. The number of sulfonamides is 1. The predicted molar refractivity (Wildman–Crippen MR) is 44.9 cm³/mol. The normalized spacial score (nSPS) is 30.1. The van der Waals surface area contributed by atoms with Gasteiger partial charge >= 0.3 is 0 Å². The molecule has 1 heterocycles. The maximum absolute atomic E-state index is 11.3. The van der Waals surface area contributed by atoms with Crippen LogP contribution in [0.2, 0.25) is 0 Å². The lowest BCUT2D eigenvalue weighted by atomic mass is 10.1. The summed E-state index contributed by atoms with van der Waals surface area (Å²) in [4.78, 5) is 0. The zero-order valence-electron chi connectivity index (χ0n) is 6.84. The largest absolute Gasteiger partial charge is 0.215 e. The molecule has 0 aromatic heterocycles. The van der Waals surface area contributed by atoms with Gasteiger partial charge in [-0.25, -0.2) is 13.1 Å². The monoisotopic (exact) mass is 177 g/mol. The van der Waals surface area contributed by atoms with Gasteiger partial charge in [0.15, 0.2) is 0 Å². The third-order valence-corrected chi connectivity index (χ3v) is 4.01. The Morgan fingerprint density at radius 2 is 2.27 bits per heavy atom. The maximum atomic E-state index is 11.3. The van der Waals surface area contributed by atoms with Crippen LogP contribution >= 0.6 is 0 Å². The molecule has 0 aromatic rings. The molecule has 1 aliphatic rings. The van der Waals surface area contributed by atoms with Gasteiger partial charge in [-0.3, -0.25) is 0 Å². The summed E-state index contributed by atoms with van der Waals surface area (Å²) in [5.41, 5.74) is 0. The van der Waals surface area contributed by atoms with Crippen molar-refractivity contribution in [3.8, 4) is 0 Å². The Hall–Kier alpha value is -0.0900. The summed E-state index contributed by atoms with van der Waals surface area (Å²) in [5, 5.41) is -0.124. The zero-order valence-corrected chi connectivity index (χ0v) is 7.65. The molecule has 1 unspecified atom stereocenters. The lowest BCUT2D eigenvalue weighted by Crippen LogP contribution is -2.39. The smallest absolute Gasteiger partial charge is 0.214 e. The van der Waals surface area contributed by atoms with E-state index in [2.05, 4.69) is 4.72 Å². The molecular weight excluding hydrogens is 162 g/mol. The van der Waals surface area contributed by atoms with Crippen molar-refractivity contribution in [2.75, 3.05) is 6.54 Å². The van der Waals surface area contributed by atoms with Crippen molar-refractivity contribution in [2.45, 2.75) is 37.9 Å². The number of hydrogen-bond acceptors (Lipinski definition) is 2. The fraction of sp³-hybridized carbons (Fsp3) is 1.00. The topological polar surface area (TPSA) is 46.2 Å². The van der Waals surface area contributed by atoms with Crippen LogP contribution in [-0.4, -0.2) is 20.2 Å². The molecule has 11 heavy (non-hydrogen) atoms. The van der Waals surface area contributed by atoms with E-state index in [4.69, 9.17) is 0 Å². The summed E-state index contributed by atoms with van der Waals surface area (Å²) in [6, 6.07) is 0. The molecule has 1 rings (SSSR count). The quantitative estimate of drug-likeness (QED) is 0.680. The van der Waals surface area contributed by atoms with Gasteiger partial charge in [-0.2, -0.15) is 0 Å². The molecule has 66 valence electrons. The van der Waals surface area contributed by atoms with Crippen molar-refractivity contribution in [2.24, 2.45) is 0 Å². The third-order valence-electron chi connectivity index (χ3n) is 2.06. The molecule has 0 saturated carbocycles. The first-order valence-corrected chi connectivity index (χ1v) is 5.70. The maximum Gasteiger partial charge on any atom is 0.214 e. The third kappa shape index (κ3) is 2.17. The highest BCUT2D eigenvalue weighted by atomic mass is 32.2. The molecule has 0 aliphatic carbocycles. The molecule has 0 spiro atoms. The van der Waals surface area contributed by atoms with Crippen LogP contribution in [0.15, 0.2) is 0 Å². The standard InChI is InChI=1S/C7H15NO2S/c1-2-4-7-5-3-6-8-11(7,9)10/h7-8H,2-6H2,1H3. The summed E-state index contributed by atoms with van der Waals surface area (Å²) in [7, 11) is -2.94. The predicted octanol–water partition coefficient (Wildman–Crippen LogP) is 0.868. The van der Waals surface area contributed by atoms with Crippen molar-refractivity contribution in [1.29, 1.82) is 0 Å². The fourth-order valence-electron chi connectivity index (χ4n) is 1.44. The Morgan fingerprint density at radius 3 is 2.82 bits per heavy atom. The highest BCUT2D eigenvalue weighted by molar-refractivity contribution is 7.90. The summed E-state index contributed by atoms with van der Waals surface area (Å²) in [6.45, 7) is 2.65. The molecule has 0 aromatic carbocycles. The van der Waals surface area contributed by atoms with E-state index in [1.165, 1.54) is 0 Å². The Bertz CT molecular complexity index is 208. The first kappa shape index (κ1) is 9.00. The molecule has 1 saturated heterocycles. The van der Waals surface area contributed by atoms with Crippen LogP contribution in [0.25, 0.3) is 0 Å². The van der Waals surface area contributed by atoms with E-state index in [-0.39, 0.29) is 5.25 Å². The van der Waals surface area contributed by atoms with Gasteiger partial charge in [-0.15, -0.1) is 0 Å². The highest BCUT2D eigenvalue weighted by Gasteiger charge is 2.26. The minimum Gasteiger partial charge on any atom is -0.215 e. The lowest BCUT2D eigenvalue weighted by molar-refractivity contribution is 0.511. The van der Waals surface area contributed by atoms with Crippen LogP contribution in [0.5, 0.6) is 0 Å². The zero-order chi connectivity index (χ0) is 8.32. The first-order valence-electron chi connectivity index (χ1n) is 4.15. The molecule has 0 bridgehead atoms. The van der Waals surface area contributed by atoms with Crippen molar-refractivity contribution in [1.82, 2.24) is 4.72 Å².